The molecule has 0 N–H and O–H groups in total. The molecule has 2 aliphatic heterocycles. The van der Waals surface area contributed by atoms with Crippen LogP contribution in [0.4, 0.5) is 0 Å². The molecule has 2 heteroatoms. The lowest BCUT2D eigenvalue weighted by atomic mass is 9.31. The number of nitrogens with zero attached hydrogens (tertiary/aromatic N) is 1. The summed E-state index contributed by atoms with van der Waals surface area (Å²) in [6.07, 6.45) is 2.01. The van der Waals surface area contributed by atoms with Crippen LogP contribution in [-0.2, 0) is 11.8 Å². The second kappa shape index (κ2) is 16.1. The summed E-state index contributed by atoms with van der Waals surface area (Å²) in [5.74, 6) is 0.162. The van der Waals surface area contributed by atoms with E-state index in [2.05, 4.69) is 257 Å². The zero-order valence-corrected chi connectivity index (χ0v) is 43.4. The van der Waals surface area contributed by atoms with Crippen molar-refractivity contribution in [2.75, 3.05) is 0 Å². The second-order valence-electron chi connectivity index (χ2n) is 23.1. The van der Waals surface area contributed by atoms with E-state index < -0.39 is 0 Å². The van der Waals surface area contributed by atoms with Crippen LogP contribution in [0, 0.1) is 6.92 Å². The summed E-state index contributed by atoms with van der Waals surface area (Å²) in [5.41, 5.74) is 28.0. The molecule has 1 aromatic heterocycles. The average Bonchev–Trinajstić information content (AvgIpc) is 3.87. The number of benzene rings is 12. The van der Waals surface area contributed by atoms with E-state index in [9.17, 15) is 0 Å². The Balaban J connectivity index is 1.12. The summed E-state index contributed by atoms with van der Waals surface area (Å²) in [5, 5.41) is 10.6. The molecule has 16 rings (SSSR count). The van der Waals surface area contributed by atoms with Crippen molar-refractivity contribution < 1.29 is 0 Å². The molecule has 12 aromatic carbocycles. The van der Waals surface area contributed by atoms with Gasteiger partial charge in [0.1, 0.15) is 0 Å². The Morgan fingerprint density at radius 2 is 1.01 bits per heavy atom. The van der Waals surface area contributed by atoms with Gasteiger partial charge in [-0.05, 0) is 177 Å². The molecule has 13 aromatic rings. The predicted molar refractivity (Wildman–Crippen MR) is 325 cm³/mol. The maximum atomic E-state index is 2.75. The van der Waals surface area contributed by atoms with Crippen molar-refractivity contribution in [3.05, 3.63) is 252 Å². The molecule has 3 aliphatic rings. The van der Waals surface area contributed by atoms with E-state index in [1.54, 1.807) is 0 Å². The normalized spacial score (nSPS) is 14.3. The average molecular weight is 968 g/mol. The van der Waals surface area contributed by atoms with Gasteiger partial charge < -0.3 is 4.57 Å². The summed E-state index contributed by atoms with van der Waals surface area (Å²) >= 11 is 0. The standard InChI is InChI=1S/C74H54BN/c1-44-25-31-56-59(35-44)60-42-54(74(2,3)4)30-33-55(60)63-43-64-57-32-28-49-26-27-50(45-17-9-5-10-18-45)36-58(49)62-38-52(47-21-13-7-14-22-47)40-66(69(57)62)75-67-41-53(48-23-15-8-16-24-48)39-65-61-37-51(46-19-11-6-12-20-46)29-34-68(61)76(72(65)67)73(70(56)63)71(64)75/h5-27,29-31,33-43,57H,28,32H2,1-4H3. The van der Waals surface area contributed by atoms with E-state index in [1.807, 2.05) is 0 Å². The molecule has 1 unspecified atom stereocenters. The molecule has 0 fully saturated rings. The minimum Gasteiger partial charge on any atom is -0.310 e. The third-order valence-electron chi connectivity index (χ3n) is 17.8. The molecular formula is C74H54BN. The smallest absolute Gasteiger partial charge is 0.247 e. The van der Waals surface area contributed by atoms with Crippen molar-refractivity contribution in [1.29, 1.82) is 0 Å². The number of aromatic nitrogens is 1. The summed E-state index contributed by atoms with van der Waals surface area (Å²) < 4.78 is 2.75. The van der Waals surface area contributed by atoms with Gasteiger partial charge >= 0.3 is 0 Å². The Bertz CT molecular complexity index is 4600. The van der Waals surface area contributed by atoms with Crippen LogP contribution in [0.25, 0.3) is 115 Å². The quantitative estimate of drug-likeness (QED) is 0.122. The van der Waals surface area contributed by atoms with Crippen LogP contribution in [0.15, 0.2) is 224 Å². The molecule has 3 heterocycles. The van der Waals surface area contributed by atoms with Gasteiger partial charge in [0, 0.05) is 27.6 Å². The van der Waals surface area contributed by atoms with E-state index in [-0.39, 0.29) is 18.0 Å². The third kappa shape index (κ3) is 6.34. The highest BCUT2D eigenvalue weighted by Crippen LogP contribution is 2.51. The fraction of sp³-hybridized carbons (Fsp3) is 0.108. The van der Waals surface area contributed by atoms with Crippen molar-refractivity contribution in [3.8, 4) is 61.3 Å². The molecule has 0 spiro atoms. The summed E-state index contributed by atoms with van der Waals surface area (Å²) in [6, 6.07) is 86.5. The van der Waals surface area contributed by atoms with Crippen LogP contribution in [0.1, 0.15) is 60.9 Å². The summed E-state index contributed by atoms with van der Waals surface area (Å²) in [6.45, 7) is 9.26. The van der Waals surface area contributed by atoms with E-state index >= 15 is 0 Å². The molecule has 358 valence electrons. The van der Waals surface area contributed by atoms with Gasteiger partial charge in [0.15, 0.2) is 0 Å². The number of hydrogen-bond donors (Lipinski definition) is 0. The van der Waals surface area contributed by atoms with E-state index in [0.29, 0.717) is 0 Å². The minimum atomic E-state index is -0.0436. The first-order valence-electron chi connectivity index (χ1n) is 27.4. The number of fused-ring (bicyclic) bond motifs is 16. The molecule has 0 bridgehead atoms. The fourth-order valence-corrected chi connectivity index (χ4v) is 14.2. The summed E-state index contributed by atoms with van der Waals surface area (Å²) in [7, 11) is 0. The van der Waals surface area contributed by atoms with Crippen LogP contribution in [0.2, 0.25) is 0 Å². The Labute approximate surface area is 444 Å². The van der Waals surface area contributed by atoms with Gasteiger partial charge in [-0.25, -0.2) is 0 Å². The van der Waals surface area contributed by atoms with Crippen LogP contribution in [-0.4, -0.2) is 11.3 Å². The molecule has 0 radical (unpaired) electrons. The Morgan fingerprint density at radius 1 is 0.434 bits per heavy atom. The van der Waals surface area contributed by atoms with E-state index in [0.717, 1.165) is 12.8 Å². The van der Waals surface area contributed by atoms with Crippen LogP contribution < -0.4 is 16.4 Å². The number of aryl methyl sites for hydroxylation is 2. The maximum absolute atomic E-state index is 2.75. The molecule has 1 nitrogen and oxygen atoms in total. The topological polar surface area (TPSA) is 4.93 Å². The zero-order chi connectivity index (χ0) is 50.6. The highest BCUT2D eigenvalue weighted by Gasteiger charge is 2.45. The van der Waals surface area contributed by atoms with Gasteiger partial charge in [0.2, 0.25) is 6.71 Å². The molecule has 0 amide bonds. The molecular weight excluding hydrogens is 914 g/mol. The van der Waals surface area contributed by atoms with Crippen molar-refractivity contribution >= 4 is 77.2 Å². The van der Waals surface area contributed by atoms with Gasteiger partial charge in [-0.2, -0.15) is 0 Å². The lowest BCUT2D eigenvalue weighted by Crippen LogP contribution is -2.61. The van der Waals surface area contributed by atoms with Gasteiger partial charge in [-0.15, -0.1) is 0 Å². The van der Waals surface area contributed by atoms with Gasteiger partial charge in [-0.1, -0.05) is 220 Å². The third-order valence-corrected chi connectivity index (χ3v) is 17.8. The highest BCUT2D eigenvalue weighted by molar-refractivity contribution is 6.99. The first-order valence-corrected chi connectivity index (χ1v) is 27.4. The highest BCUT2D eigenvalue weighted by atomic mass is 15.0. The minimum absolute atomic E-state index is 0.000609. The largest absolute Gasteiger partial charge is 0.310 e. The molecule has 76 heavy (non-hydrogen) atoms. The fourth-order valence-electron chi connectivity index (χ4n) is 14.2. The predicted octanol–water partition coefficient (Wildman–Crippen LogP) is 17.4. The molecule has 1 aliphatic carbocycles. The summed E-state index contributed by atoms with van der Waals surface area (Å²) in [4.78, 5) is 0. The van der Waals surface area contributed by atoms with Gasteiger partial charge in [-0.3, -0.25) is 0 Å². The Hall–Kier alpha value is -8.72. The van der Waals surface area contributed by atoms with Crippen LogP contribution in [0.3, 0.4) is 0 Å². The van der Waals surface area contributed by atoms with Crippen molar-refractivity contribution in [2.24, 2.45) is 0 Å². The maximum Gasteiger partial charge on any atom is 0.247 e. The van der Waals surface area contributed by atoms with Crippen LogP contribution in [0.5, 0.6) is 0 Å². The second-order valence-corrected chi connectivity index (χ2v) is 23.1. The first kappa shape index (κ1) is 43.7. The zero-order valence-electron chi connectivity index (χ0n) is 43.4. The van der Waals surface area contributed by atoms with Crippen molar-refractivity contribution in [3.63, 3.8) is 0 Å². The van der Waals surface area contributed by atoms with E-state index in [4.69, 9.17) is 0 Å². The van der Waals surface area contributed by atoms with Gasteiger partial charge in [0.25, 0.3) is 0 Å². The van der Waals surface area contributed by atoms with Crippen molar-refractivity contribution in [1.82, 2.24) is 4.57 Å². The molecule has 1 atom stereocenters. The van der Waals surface area contributed by atoms with Crippen LogP contribution >= 0.6 is 0 Å². The molecule has 0 saturated heterocycles. The number of rotatable bonds is 4. The SMILES string of the molecule is Cc1ccc2c(c1)c1cc(C(C)(C)C)ccc1c1cc3c4c(c21)-n1c2ccc(-c5ccccc5)cc2c2cc(-c5ccccc5)cc(c21)B4c1cc(-c2ccccc2)cc2c1C3CCc1ccc(-c3ccccc3)cc1-2. The lowest BCUT2D eigenvalue weighted by Gasteiger charge is -2.40. The first-order chi connectivity index (χ1) is 37.2. The lowest BCUT2D eigenvalue weighted by molar-refractivity contribution is 0.591. The van der Waals surface area contributed by atoms with Gasteiger partial charge in [0.05, 0.1) is 11.2 Å². The number of hydrogen-bond acceptors (Lipinski definition) is 0. The Kier molecular flexibility index (Phi) is 9.27. The monoisotopic (exact) mass is 967 g/mol. The van der Waals surface area contributed by atoms with Crippen molar-refractivity contribution in [2.45, 2.75) is 51.9 Å². The van der Waals surface area contributed by atoms with E-state index in [1.165, 1.54) is 160 Å². The molecule has 0 saturated carbocycles. The Morgan fingerprint density at radius 3 is 1.70 bits per heavy atom.